The Labute approximate surface area is 220 Å². The minimum atomic E-state index is -1.36. The van der Waals surface area contributed by atoms with Crippen molar-refractivity contribution in [3.63, 3.8) is 0 Å². The molecular weight excluding hydrogens is 500 g/mol. The van der Waals surface area contributed by atoms with Crippen molar-refractivity contribution in [3.8, 4) is 0 Å². The lowest BCUT2D eigenvalue weighted by atomic mass is 9.43. The highest BCUT2D eigenvalue weighted by Crippen LogP contribution is 2.82. The Hall–Kier alpha value is -1.52. The average molecular weight is 535 g/mol. The van der Waals surface area contributed by atoms with Crippen LogP contribution < -0.4 is 0 Å². The summed E-state index contributed by atoms with van der Waals surface area (Å²) >= 11 is 0.736. The molecule has 9 nitrogen and oxygen atoms in total. The molecule has 10 heteroatoms. The van der Waals surface area contributed by atoms with E-state index in [1.807, 2.05) is 13.8 Å². The van der Waals surface area contributed by atoms with E-state index in [9.17, 15) is 24.6 Å². The number of aliphatic carboxylic acids is 1. The molecule has 0 aromatic carbocycles. The van der Waals surface area contributed by atoms with E-state index in [1.54, 1.807) is 5.94 Å². The summed E-state index contributed by atoms with van der Waals surface area (Å²) in [4.78, 5) is 37.7. The zero-order chi connectivity index (χ0) is 26.3. The van der Waals surface area contributed by atoms with Gasteiger partial charge in [-0.25, -0.2) is 4.79 Å². The molecule has 0 aromatic heterocycles. The molecule has 37 heavy (non-hydrogen) atoms. The van der Waals surface area contributed by atoms with E-state index in [1.165, 1.54) is 0 Å². The van der Waals surface area contributed by atoms with Gasteiger partial charge in [-0.05, 0) is 48.9 Å². The molecule has 12 atom stereocenters. The summed E-state index contributed by atoms with van der Waals surface area (Å²) in [5.41, 5.74) is -2.33. The van der Waals surface area contributed by atoms with Crippen molar-refractivity contribution in [2.24, 2.45) is 45.8 Å². The largest absolute Gasteiger partial charge is 0.481 e. The van der Waals surface area contributed by atoms with Gasteiger partial charge in [-0.2, -0.15) is 0 Å². The van der Waals surface area contributed by atoms with Crippen molar-refractivity contribution in [1.82, 2.24) is 0 Å². The highest BCUT2D eigenvalue weighted by molar-refractivity contribution is 7.90. The van der Waals surface area contributed by atoms with E-state index < -0.39 is 52.9 Å². The molecule has 0 amide bonds. The molecule has 0 spiro atoms. The predicted molar refractivity (Wildman–Crippen MR) is 130 cm³/mol. The smallest absolute Gasteiger partial charge is 0.315 e. The van der Waals surface area contributed by atoms with Crippen molar-refractivity contribution in [2.45, 2.75) is 77.2 Å². The summed E-state index contributed by atoms with van der Waals surface area (Å²) in [5, 5.41) is 21.7. The number of carboxylic acid groups (broad SMARTS) is 1. The lowest BCUT2D eigenvalue weighted by Gasteiger charge is -2.58. The Bertz CT molecular complexity index is 1070. The number of ether oxygens (including phenoxy) is 2. The van der Waals surface area contributed by atoms with Crippen molar-refractivity contribution >= 4 is 30.5 Å². The summed E-state index contributed by atoms with van der Waals surface area (Å²) in [7, 11) is 0. The number of aliphatic hydroxyl groups is 1. The van der Waals surface area contributed by atoms with Crippen LogP contribution >= 0.6 is 12.3 Å². The molecule has 5 fully saturated rings. The van der Waals surface area contributed by atoms with Crippen molar-refractivity contribution < 1.29 is 42.4 Å². The van der Waals surface area contributed by atoms with Gasteiger partial charge >= 0.3 is 5.97 Å². The van der Waals surface area contributed by atoms with Crippen LogP contribution in [0.5, 0.6) is 0 Å². The summed E-state index contributed by atoms with van der Waals surface area (Å²) in [6, 6.07) is 0. The van der Waals surface area contributed by atoms with Gasteiger partial charge in [0.2, 0.25) is 0 Å². The fraction of sp³-hybridized carbons (Fsp3) is 0.778. The maximum Gasteiger partial charge on any atom is 0.315 e. The number of allylic oxidation sites excluding steroid dienone is 1. The van der Waals surface area contributed by atoms with Crippen LogP contribution in [0.15, 0.2) is 17.7 Å². The summed E-state index contributed by atoms with van der Waals surface area (Å²) in [5.74, 6) is 1.23. The number of aldehydes is 1. The van der Waals surface area contributed by atoms with Crippen molar-refractivity contribution in [2.75, 3.05) is 6.61 Å². The van der Waals surface area contributed by atoms with Gasteiger partial charge in [-0.15, -0.1) is 0 Å². The predicted octanol–water partition coefficient (Wildman–Crippen LogP) is 2.75. The third-order valence-corrected chi connectivity index (χ3v) is 11.3. The summed E-state index contributed by atoms with van der Waals surface area (Å²) < 4.78 is 23.4. The number of rotatable bonds is 7. The molecule has 0 unspecified atom stereocenters. The molecule has 2 aliphatic heterocycles. The number of carbonyl (C=O) groups is 2. The van der Waals surface area contributed by atoms with Gasteiger partial charge in [0.15, 0.2) is 24.7 Å². The number of carbonyl (C=O) groups excluding carboxylic acids is 2. The van der Waals surface area contributed by atoms with Crippen LogP contribution in [0.4, 0.5) is 0 Å². The van der Waals surface area contributed by atoms with Gasteiger partial charge in [-0.3, -0.25) is 13.2 Å². The Kier molecular flexibility index (Phi) is 6.08. The topological polar surface area (TPSA) is 129 Å². The number of fused-ring (bicyclic) bond motifs is 3. The van der Waals surface area contributed by atoms with Crippen LogP contribution in [-0.2, 0) is 32.2 Å². The monoisotopic (exact) mass is 534 g/mol. The lowest BCUT2D eigenvalue weighted by Crippen LogP contribution is -2.64. The van der Waals surface area contributed by atoms with E-state index in [0.717, 1.165) is 43.1 Å². The van der Waals surface area contributed by atoms with E-state index in [4.69, 9.17) is 17.8 Å². The van der Waals surface area contributed by atoms with Gasteiger partial charge in [0.25, 0.3) is 0 Å². The van der Waals surface area contributed by atoms with Crippen molar-refractivity contribution in [1.29, 1.82) is 0 Å². The molecule has 6 rings (SSSR count). The molecule has 6 aliphatic rings. The van der Waals surface area contributed by atoms with Crippen LogP contribution in [0.25, 0.3) is 0 Å². The zero-order valence-electron chi connectivity index (χ0n) is 21.2. The first-order valence-corrected chi connectivity index (χ1v) is 13.9. The van der Waals surface area contributed by atoms with E-state index in [0.29, 0.717) is 18.8 Å². The number of aliphatic hydroxyl groups excluding tert-OH is 1. The first kappa shape index (κ1) is 25.7. The van der Waals surface area contributed by atoms with Crippen LogP contribution in [0.1, 0.15) is 46.5 Å². The highest BCUT2D eigenvalue weighted by atomic mass is 32.2. The lowest BCUT2D eigenvalue weighted by molar-refractivity contribution is -0.277. The van der Waals surface area contributed by atoms with Crippen LogP contribution in [-0.4, -0.2) is 65.7 Å². The third kappa shape index (κ3) is 3.03. The molecule has 0 radical (unpaired) electrons. The molecular formula is C27H34O9S. The molecule has 2 saturated heterocycles. The van der Waals surface area contributed by atoms with Gasteiger partial charge in [0, 0.05) is 11.5 Å². The maximum absolute atomic E-state index is 13.5. The van der Waals surface area contributed by atoms with Crippen LogP contribution in [0.3, 0.4) is 0 Å². The second-order valence-electron chi connectivity index (χ2n) is 12.2. The number of hydrogen-bond donors (Lipinski definition) is 2. The zero-order valence-corrected chi connectivity index (χ0v) is 22.0. The number of carboxylic acids is 1. The third-order valence-electron chi connectivity index (χ3n) is 10.7. The van der Waals surface area contributed by atoms with Gasteiger partial charge in [0.05, 0.1) is 12.0 Å². The molecule has 4 aliphatic carbocycles. The standard InChI is InChI=1S/C27H34O9S/c1-13(2)18-8-15-9-25(11-29)17-5-4-14(3)16(17)10-26(15,27(18,25)24(31)32)12-33-23-22-21(35-37-36-22)20(30)19(34-23)6-7-28/h6,8,11,13-17,19-23,30H,4-5,9-10,12H2,1-3H3,(H,31,32)/t14-,15+,16-,17-,19+,20+,21-,22-,23+,25+,26+,27+/m0/s1. The molecule has 202 valence electrons. The Morgan fingerprint density at radius 3 is 2.73 bits per heavy atom. The average Bonchev–Trinajstić information content (AvgIpc) is 3.60. The summed E-state index contributed by atoms with van der Waals surface area (Å²) in [6.45, 7) is 6.27. The quantitative estimate of drug-likeness (QED) is 0.218. The Balaban J connectivity index is 1.42. The molecule has 2 N–H and O–H groups in total. The van der Waals surface area contributed by atoms with Crippen molar-refractivity contribution in [3.05, 3.63) is 17.7 Å². The van der Waals surface area contributed by atoms with Gasteiger partial charge in [-0.1, -0.05) is 38.8 Å². The van der Waals surface area contributed by atoms with Gasteiger partial charge in [0.1, 0.15) is 36.0 Å². The second-order valence-corrected chi connectivity index (χ2v) is 12.8. The minimum absolute atomic E-state index is 0.0345. The SMILES string of the molecule is CC(C)C1=C[C@@H]2C[C@@]3(C=O)[C@H]4CC[C@H](C)[C@@H]4C[C@]2(CO[C@@H]2O[C@H](C=C=O)[C@@H](O)[C@@H]4OSO[C@H]24)[C@@]13C(=O)O. The van der Waals surface area contributed by atoms with E-state index in [-0.39, 0.29) is 30.3 Å². The number of hydrogen-bond acceptors (Lipinski definition) is 9. The first-order chi connectivity index (χ1) is 17.7. The van der Waals surface area contributed by atoms with Crippen LogP contribution in [0, 0.1) is 45.8 Å². The normalized spacial score (nSPS) is 51.4. The first-order valence-electron chi connectivity index (χ1n) is 13.3. The molecule has 4 bridgehead atoms. The van der Waals surface area contributed by atoms with Crippen LogP contribution in [0.2, 0.25) is 0 Å². The van der Waals surface area contributed by atoms with E-state index >= 15 is 0 Å². The molecule has 2 heterocycles. The summed E-state index contributed by atoms with van der Waals surface area (Å²) in [6.07, 6.45) is 2.53. The van der Waals surface area contributed by atoms with E-state index in [2.05, 4.69) is 13.0 Å². The maximum atomic E-state index is 13.5. The second kappa shape index (κ2) is 8.74. The molecule has 3 saturated carbocycles. The fourth-order valence-electron chi connectivity index (χ4n) is 9.38. The molecule has 0 aromatic rings. The van der Waals surface area contributed by atoms with Gasteiger partial charge < -0.3 is 24.5 Å². The fourth-order valence-corrected chi connectivity index (χ4v) is 10.0. The Morgan fingerprint density at radius 1 is 1.30 bits per heavy atom. The minimum Gasteiger partial charge on any atom is -0.481 e. The Morgan fingerprint density at radius 2 is 2.05 bits per heavy atom. The highest BCUT2D eigenvalue weighted by Gasteiger charge is 2.84.